The van der Waals surface area contributed by atoms with E-state index in [1.165, 1.54) is 11.8 Å². The number of nitrogens with zero attached hydrogens (tertiary/aromatic N) is 1. The third-order valence-electron chi connectivity index (χ3n) is 2.36. The van der Waals surface area contributed by atoms with Gasteiger partial charge in [0.2, 0.25) is 5.91 Å². The second-order valence-electron chi connectivity index (χ2n) is 3.35. The van der Waals surface area contributed by atoms with E-state index < -0.39 is 27.3 Å². The summed E-state index contributed by atoms with van der Waals surface area (Å²) in [6.45, 7) is 1.92. The molecule has 3 unspecified atom stereocenters. The summed E-state index contributed by atoms with van der Waals surface area (Å²) < 4.78 is 11.6. The van der Waals surface area contributed by atoms with Gasteiger partial charge >= 0.3 is 5.97 Å². The predicted molar refractivity (Wildman–Crippen MR) is 51.3 cm³/mol. The van der Waals surface area contributed by atoms with Gasteiger partial charge in [0, 0.05) is 24.4 Å². The fourth-order valence-electron chi connectivity index (χ4n) is 1.35. The number of hydrogen-bond acceptors (Lipinski definition) is 3. The number of carboxylic acid groups (broad SMARTS) is 1. The standard InChI is InChI=1S/C8H13NO4S/c1-5(8(11)12)14(13)6-3-4-9(2)7(6)10/h5-6H,3-4H2,1-2H3,(H,11,12). The first-order valence-electron chi connectivity index (χ1n) is 4.32. The minimum atomic E-state index is -1.61. The molecule has 1 aliphatic heterocycles. The van der Waals surface area contributed by atoms with Crippen LogP contribution in [0.2, 0.25) is 0 Å². The monoisotopic (exact) mass is 219 g/mol. The van der Waals surface area contributed by atoms with Crippen LogP contribution in [0.15, 0.2) is 0 Å². The molecule has 3 atom stereocenters. The van der Waals surface area contributed by atoms with Gasteiger partial charge in [-0.05, 0) is 13.3 Å². The first-order chi connectivity index (χ1) is 6.45. The van der Waals surface area contributed by atoms with Crippen molar-refractivity contribution in [3.8, 4) is 0 Å². The molecule has 1 aliphatic rings. The Bertz CT molecular complexity index is 291. The zero-order valence-electron chi connectivity index (χ0n) is 8.10. The van der Waals surface area contributed by atoms with Crippen LogP contribution in [-0.4, -0.2) is 50.2 Å². The summed E-state index contributed by atoms with van der Waals surface area (Å²) in [5.74, 6) is -1.33. The molecule has 0 saturated carbocycles. The van der Waals surface area contributed by atoms with Crippen molar-refractivity contribution in [2.45, 2.75) is 23.8 Å². The van der Waals surface area contributed by atoms with Gasteiger partial charge in [-0.1, -0.05) is 0 Å². The highest BCUT2D eigenvalue weighted by Crippen LogP contribution is 2.17. The van der Waals surface area contributed by atoms with Crippen molar-refractivity contribution in [2.24, 2.45) is 0 Å². The lowest BCUT2D eigenvalue weighted by Crippen LogP contribution is -2.35. The second kappa shape index (κ2) is 4.08. The molecule has 5 nitrogen and oxygen atoms in total. The molecule has 6 heteroatoms. The summed E-state index contributed by atoms with van der Waals surface area (Å²) in [5.41, 5.74) is 0. The van der Waals surface area contributed by atoms with Crippen molar-refractivity contribution in [1.29, 1.82) is 0 Å². The average molecular weight is 219 g/mol. The molecule has 1 saturated heterocycles. The van der Waals surface area contributed by atoms with Crippen LogP contribution in [0, 0.1) is 0 Å². The minimum Gasteiger partial charge on any atom is -0.480 e. The van der Waals surface area contributed by atoms with E-state index in [1.54, 1.807) is 7.05 Å². The number of likely N-dealkylation sites (tertiary alicyclic amines) is 1. The zero-order valence-corrected chi connectivity index (χ0v) is 8.91. The van der Waals surface area contributed by atoms with Gasteiger partial charge in [-0.2, -0.15) is 0 Å². The van der Waals surface area contributed by atoms with E-state index in [0.717, 1.165) is 0 Å². The molecule has 0 aromatic heterocycles. The Kier molecular flexibility index (Phi) is 3.25. The number of aliphatic carboxylic acids is 1. The smallest absolute Gasteiger partial charge is 0.319 e. The molecule has 0 aromatic carbocycles. The van der Waals surface area contributed by atoms with E-state index in [2.05, 4.69) is 0 Å². The van der Waals surface area contributed by atoms with Crippen molar-refractivity contribution in [2.75, 3.05) is 13.6 Å². The molecule has 1 heterocycles. The molecular weight excluding hydrogens is 206 g/mol. The van der Waals surface area contributed by atoms with Crippen LogP contribution in [0.5, 0.6) is 0 Å². The lowest BCUT2D eigenvalue weighted by molar-refractivity contribution is -0.136. The fraction of sp³-hybridized carbons (Fsp3) is 0.750. The lowest BCUT2D eigenvalue weighted by Gasteiger charge is -2.12. The van der Waals surface area contributed by atoms with Crippen LogP contribution in [-0.2, 0) is 20.4 Å². The zero-order chi connectivity index (χ0) is 10.9. The SMILES string of the molecule is CC(C(=O)O)S(=O)C1CCN(C)C1=O. The van der Waals surface area contributed by atoms with Gasteiger partial charge in [0.15, 0.2) is 0 Å². The van der Waals surface area contributed by atoms with E-state index in [9.17, 15) is 13.8 Å². The lowest BCUT2D eigenvalue weighted by atomic mass is 10.4. The van der Waals surface area contributed by atoms with Crippen molar-refractivity contribution >= 4 is 22.7 Å². The molecule has 1 amide bonds. The third kappa shape index (κ3) is 1.95. The highest BCUT2D eigenvalue weighted by Gasteiger charge is 2.37. The van der Waals surface area contributed by atoms with Gasteiger partial charge in [-0.3, -0.25) is 13.8 Å². The van der Waals surface area contributed by atoms with Crippen molar-refractivity contribution in [3.63, 3.8) is 0 Å². The predicted octanol–water partition coefficient (Wildman–Crippen LogP) is -0.561. The van der Waals surface area contributed by atoms with Crippen LogP contribution in [0.1, 0.15) is 13.3 Å². The topological polar surface area (TPSA) is 74.7 Å². The van der Waals surface area contributed by atoms with Crippen molar-refractivity contribution in [1.82, 2.24) is 4.90 Å². The van der Waals surface area contributed by atoms with E-state index in [0.29, 0.717) is 13.0 Å². The highest BCUT2D eigenvalue weighted by atomic mass is 32.2. The number of carboxylic acids is 1. The first-order valence-corrected chi connectivity index (χ1v) is 5.60. The van der Waals surface area contributed by atoms with E-state index in [-0.39, 0.29) is 5.91 Å². The van der Waals surface area contributed by atoms with Crippen molar-refractivity contribution < 1.29 is 18.9 Å². The maximum absolute atomic E-state index is 11.6. The van der Waals surface area contributed by atoms with Gasteiger partial charge in [0.25, 0.3) is 0 Å². The Balaban J connectivity index is 2.71. The Morgan fingerprint density at radius 1 is 1.71 bits per heavy atom. The summed E-state index contributed by atoms with van der Waals surface area (Å²) in [7, 11) is 0.0182. The molecule has 80 valence electrons. The molecule has 0 aliphatic carbocycles. The maximum Gasteiger partial charge on any atom is 0.319 e. The van der Waals surface area contributed by atoms with Crippen LogP contribution >= 0.6 is 0 Å². The fourth-order valence-corrected chi connectivity index (χ4v) is 2.76. The Morgan fingerprint density at radius 3 is 2.64 bits per heavy atom. The maximum atomic E-state index is 11.6. The summed E-state index contributed by atoms with van der Waals surface area (Å²) in [6.07, 6.45) is 0.486. The largest absolute Gasteiger partial charge is 0.480 e. The molecule has 0 aromatic rings. The summed E-state index contributed by atoms with van der Waals surface area (Å²) >= 11 is 0. The van der Waals surface area contributed by atoms with Crippen LogP contribution in [0.25, 0.3) is 0 Å². The van der Waals surface area contributed by atoms with E-state index >= 15 is 0 Å². The molecule has 0 radical (unpaired) electrons. The average Bonchev–Trinajstić information content (AvgIpc) is 2.45. The Labute approximate surface area is 84.5 Å². The van der Waals surface area contributed by atoms with Gasteiger partial charge in [0.1, 0.15) is 10.5 Å². The van der Waals surface area contributed by atoms with Crippen LogP contribution in [0.3, 0.4) is 0 Å². The second-order valence-corrected chi connectivity index (χ2v) is 5.28. The molecule has 1 N–H and O–H groups in total. The normalized spacial score (nSPS) is 26.3. The third-order valence-corrected chi connectivity index (χ3v) is 4.25. The molecular formula is C8H13NO4S. The number of carbonyl (C=O) groups is 2. The molecule has 1 rings (SSSR count). The van der Waals surface area contributed by atoms with Crippen molar-refractivity contribution in [3.05, 3.63) is 0 Å². The van der Waals surface area contributed by atoms with Crippen LogP contribution in [0.4, 0.5) is 0 Å². The number of rotatable bonds is 3. The molecule has 0 bridgehead atoms. The van der Waals surface area contributed by atoms with Gasteiger partial charge in [0.05, 0.1) is 0 Å². The molecule has 1 fully saturated rings. The highest BCUT2D eigenvalue weighted by molar-refractivity contribution is 7.87. The first kappa shape index (κ1) is 11.2. The van der Waals surface area contributed by atoms with E-state index in [1.807, 2.05) is 0 Å². The summed E-state index contributed by atoms with van der Waals surface area (Å²) in [5, 5.41) is 7.04. The number of carbonyl (C=O) groups excluding carboxylic acids is 1. The summed E-state index contributed by atoms with van der Waals surface area (Å²) in [4.78, 5) is 23.5. The molecule has 0 spiro atoms. The summed E-state index contributed by atoms with van der Waals surface area (Å²) in [6, 6.07) is 0. The van der Waals surface area contributed by atoms with Gasteiger partial charge in [-0.25, -0.2) is 0 Å². The van der Waals surface area contributed by atoms with Gasteiger partial charge < -0.3 is 10.0 Å². The number of hydrogen-bond donors (Lipinski definition) is 1. The minimum absolute atomic E-state index is 0.212. The number of amides is 1. The van der Waals surface area contributed by atoms with Crippen LogP contribution < -0.4 is 0 Å². The Morgan fingerprint density at radius 2 is 2.29 bits per heavy atom. The van der Waals surface area contributed by atoms with Gasteiger partial charge in [-0.15, -0.1) is 0 Å². The Hall–Kier alpha value is -0.910. The van der Waals surface area contributed by atoms with E-state index in [4.69, 9.17) is 5.11 Å². The molecule has 14 heavy (non-hydrogen) atoms. The quantitative estimate of drug-likeness (QED) is 0.690.